The van der Waals surface area contributed by atoms with Crippen LogP contribution in [0, 0.1) is 0 Å². The van der Waals surface area contributed by atoms with Gasteiger partial charge in [0.25, 0.3) is 5.91 Å². The van der Waals surface area contributed by atoms with E-state index < -0.39 is 0 Å². The Morgan fingerprint density at radius 3 is 2.68 bits per heavy atom. The van der Waals surface area contributed by atoms with Crippen molar-refractivity contribution in [3.05, 3.63) is 35.9 Å². The van der Waals surface area contributed by atoms with E-state index in [9.17, 15) is 9.90 Å². The zero-order valence-electron chi connectivity index (χ0n) is 12.7. The van der Waals surface area contributed by atoms with E-state index in [2.05, 4.69) is 0 Å². The number of hydrogen-bond acceptors (Lipinski definition) is 4. The monoisotopic (exact) mass is 302 g/mol. The number of fused-ring (bicyclic) bond motifs is 1. The number of anilines is 1. The summed E-state index contributed by atoms with van der Waals surface area (Å²) in [6.07, 6.45) is 1.79. The van der Waals surface area contributed by atoms with E-state index >= 15 is 0 Å². The molecule has 0 heterocycles. The van der Waals surface area contributed by atoms with Crippen LogP contribution in [-0.4, -0.2) is 40.7 Å². The van der Waals surface area contributed by atoms with Crippen molar-refractivity contribution in [3.8, 4) is 5.75 Å². The predicted octanol–water partition coefficient (Wildman–Crippen LogP) is 2.36. The molecule has 5 heteroatoms. The first kappa shape index (κ1) is 16.1. The van der Waals surface area contributed by atoms with Crippen LogP contribution in [0.2, 0.25) is 0 Å². The lowest BCUT2D eigenvalue weighted by Crippen LogP contribution is -2.34. The van der Waals surface area contributed by atoms with E-state index in [1.165, 1.54) is 0 Å². The van der Waals surface area contributed by atoms with Gasteiger partial charge in [0.2, 0.25) is 0 Å². The lowest BCUT2D eigenvalue weighted by molar-refractivity contribution is 0.0716. The highest BCUT2D eigenvalue weighted by atomic mass is 16.3. The number of phenols is 1. The minimum atomic E-state index is -0.308. The number of phenolic OH excluding ortho intramolecular Hbond substituents is 1. The second-order valence-electron chi connectivity index (χ2n) is 5.28. The van der Waals surface area contributed by atoms with Gasteiger partial charge in [-0.2, -0.15) is 0 Å². The molecule has 2 aromatic rings. The summed E-state index contributed by atoms with van der Waals surface area (Å²) in [5, 5.41) is 20.9. The molecule has 0 radical (unpaired) electrons. The Morgan fingerprint density at radius 2 is 2.00 bits per heavy atom. The van der Waals surface area contributed by atoms with Gasteiger partial charge in [0.05, 0.1) is 17.9 Å². The number of carbonyl (C=O) groups is 1. The third-order valence-corrected chi connectivity index (χ3v) is 3.73. The predicted molar refractivity (Wildman–Crippen MR) is 87.9 cm³/mol. The number of nitrogens with zero attached hydrogens (tertiary/aromatic N) is 1. The molecule has 0 bridgehead atoms. The summed E-state index contributed by atoms with van der Waals surface area (Å²) in [5.41, 5.74) is 6.35. The molecule has 2 aromatic carbocycles. The minimum absolute atomic E-state index is 0.112. The Balaban J connectivity index is 2.43. The molecule has 5 nitrogen and oxygen atoms in total. The number of amides is 1. The van der Waals surface area contributed by atoms with Gasteiger partial charge in [-0.3, -0.25) is 4.79 Å². The Bertz CT molecular complexity index is 670. The topological polar surface area (TPSA) is 86.8 Å². The molecule has 22 heavy (non-hydrogen) atoms. The van der Waals surface area contributed by atoms with Crippen molar-refractivity contribution < 1.29 is 15.0 Å². The number of nitrogens with two attached hydrogens (primary N) is 1. The first-order valence-corrected chi connectivity index (χ1v) is 7.50. The number of aliphatic hydroxyl groups excluding tert-OH is 1. The van der Waals surface area contributed by atoms with Crippen LogP contribution in [0.3, 0.4) is 0 Å². The quantitative estimate of drug-likeness (QED) is 0.565. The lowest BCUT2D eigenvalue weighted by Gasteiger charge is -2.22. The van der Waals surface area contributed by atoms with E-state index in [4.69, 9.17) is 10.8 Å². The molecule has 2 rings (SSSR count). The van der Waals surface area contributed by atoms with E-state index in [1.807, 2.05) is 25.1 Å². The number of unbranched alkanes of at least 4 members (excludes halogenated alkanes) is 1. The fourth-order valence-corrected chi connectivity index (χ4v) is 2.48. The lowest BCUT2D eigenvalue weighted by atomic mass is 10.0. The summed E-state index contributed by atoms with van der Waals surface area (Å²) in [4.78, 5) is 14.2. The van der Waals surface area contributed by atoms with Gasteiger partial charge in [-0.15, -0.1) is 0 Å². The van der Waals surface area contributed by atoms with Crippen molar-refractivity contribution in [2.45, 2.75) is 19.8 Å². The van der Waals surface area contributed by atoms with Crippen LogP contribution in [0.15, 0.2) is 30.3 Å². The van der Waals surface area contributed by atoms with Crippen LogP contribution < -0.4 is 5.73 Å². The second kappa shape index (κ2) is 7.13. The van der Waals surface area contributed by atoms with Crippen LogP contribution in [-0.2, 0) is 0 Å². The van der Waals surface area contributed by atoms with Gasteiger partial charge >= 0.3 is 0 Å². The van der Waals surface area contributed by atoms with Crippen LogP contribution in [0.4, 0.5) is 5.69 Å². The largest absolute Gasteiger partial charge is 0.505 e. The highest BCUT2D eigenvalue weighted by Crippen LogP contribution is 2.34. The third-order valence-electron chi connectivity index (χ3n) is 3.73. The van der Waals surface area contributed by atoms with Crippen LogP contribution in [0.1, 0.15) is 30.1 Å². The standard InChI is InChI=1S/C17H22N2O3/c1-2-3-8-19(9-10-20)17(22)14-11-12-6-4-5-7-13(12)15(18)16(14)21/h4-7,11,20-21H,2-3,8-10,18H2,1H3. The highest BCUT2D eigenvalue weighted by molar-refractivity contribution is 6.06. The van der Waals surface area contributed by atoms with Crippen LogP contribution >= 0.6 is 0 Å². The molecule has 0 saturated carbocycles. The molecule has 0 aliphatic rings. The molecule has 0 atom stereocenters. The summed E-state index contributed by atoms with van der Waals surface area (Å²) < 4.78 is 0. The number of benzene rings is 2. The van der Waals surface area contributed by atoms with Crippen molar-refractivity contribution in [2.75, 3.05) is 25.4 Å². The maximum atomic E-state index is 12.7. The van der Waals surface area contributed by atoms with E-state index in [1.54, 1.807) is 17.0 Å². The minimum Gasteiger partial charge on any atom is -0.505 e. The van der Waals surface area contributed by atoms with Crippen molar-refractivity contribution >= 4 is 22.4 Å². The smallest absolute Gasteiger partial charge is 0.257 e. The van der Waals surface area contributed by atoms with Crippen molar-refractivity contribution in [1.29, 1.82) is 0 Å². The van der Waals surface area contributed by atoms with Crippen LogP contribution in [0.5, 0.6) is 5.75 Å². The average molecular weight is 302 g/mol. The van der Waals surface area contributed by atoms with Crippen molar-refractivity contribution in [3.63, 3.8) is 0 Å². The van der Waals surface area contributed by atoms with Gasteiger partial charge in [0.1, 0.15) is 0 Å². The molecule has 0 spiro atoms. The number of aromatic hydroxyl groups is 1. The Hall–Kier alpha value is -2.27. The van der Waals surface area contributed by atoms with E-state index in [-0.39, 0.29) is 36.1 Å². The number of aliphatic hydroxyl groups is 1. The number of hydrogen-bond donors (Lipinski definition) is 3. The molecule has 0 saturated heterocycles. The zero-order valence-corrected chi connectivity index (χ0v) is 12.7. The molecular formula is C17H22N2O3. The first-order valence-electron chi connectivity index (χ1n) is 7.50. The van der Waals surface area contributed by atoms with E-state index in [0.29, 0.717) is 6.54 Å². The van der Waals surface area contributed by atoms with Gasteiger partial charge in [-0.1, -0.05) is 37.6 Å². The Kier molecular flexibility index (Phi) is 5.22. The Morgan fingerprint density at radius 1 is 1.27 bits per heavy atom. The zero-order chi connectivity index (χ0) is 16.1. The second-order valence-corrected chi connectivity index (χ2v) is 5.28. The highest BCUT2D eigenvalue weighted by Gasteiger charge is 2.21. The molecule has 1 amide bonds. The third kappa shape index (κ3) is 3.14. The summed E-state index contributed by atoms with van der Waals surface area (Å²) >= 11 is 0. The molecule has 0 aliphatic carbocycles. The average Bonchev–Trinajstić information content (AvgIpc) is 2.54. The summed E-state index contributed by atoms with van der Waals surface area (Å²) in [7, 11) is 0. The number of rotatable bonds is 6. The van der Waals surface area contributed by atoms with Gasteiger partial charge in [-0.25, -0.2) is 0 Å². The van der Waals surface area contributed by atoms with E-state index in [0.717, 1.165) is 23.6 Å². The van der Waals surface area contributed by atoms with Crippen molar-refractivity contribution in [1.82, 2.24) is 4.90 Å². The fourth-order valence-electron chi connectivity index (χ4n) is 2.48. The maximum Gasteiger partial charge on any atom is 0.257 e. The molecule has 118 valence electrons. The normalized spacial score (nSPS) is 10.8. The first-order chi connectivity index (χ1) is 10.6. The number of nitrogen functional groups attached to an aromatic ring is 1. The molecule has 0 aromatic heterocycles. The summed E-state index contributed by atoms with van der Waals surface area (Å²) in [6.45, 7) is 2.71. The van der Waals surface area contributed by atoms with Crippen molar-refractivity contribution in [2.24, 2.45) is 0 Å². The van der Waals surface area contributed by atoms with Crippen LogP contribution in [0.25, 0.3) is 10.8 Å². The van der Waals surface area contributed by atoms with Gasteiger partial charge in [0.15, 0.2) is 5.75 Å². The summed E-state index contributed by atoms with van der Waals surface area (Å²) in [5.74, 6) is -0.499. The van der Waals surface area contributed by atoms with Gasteiger partial charge < -0.3 is 20.8 Å². The Labute approximate surface area is 130 Å². The van der Waals surface area contributed by atoms with Gasteiger partial charge in [-0.05, 0) is 17.9 Å². The number of carbonyl (C=O) groups excluding carboxylic acids is 1. The van der Waals surface area contributed by atoms with Gasteiger partial charge in [0, 0.05) is 18.5 Å². The molecule has 4 N–H and O–H groups in total. The fraction of sp³-hybridized carbons (Fsp3) is 0.353. The molecular weight excluding hydrogens is 280 g/mol. The maximum absolute atomic E-state index is 12.7. The summed E-state index contributed by atoms with van der Waals surface area (Å²) in [6, 6.07) is 9.00. The molecule has 0 aliphatic heterocycles. The molecule has 0 fully saturated rings. The SMILES string of the molecule is CCCCN(CCO)C(=O)c1cc2ccccc2c(N)c1O. The molecule has 0 unspecified atom stereocenters.